The number of phenols is 2. The van der Waals surface area contributed by atoms with Crippen molar-refractivity contribution in [3.05, 3.63) is 89.0 Å². The summed E-state index contributed by atoms with van der Waals surface area (Å²) in [5.74, 6) is 0.973. The van der Waals surface area contributed by atoms with E-state index in [-0.39, 0.29) is 24.0 Å². The first-order valence-corrected chi connectivity index (χ1v) is 11.8. The van der Waals surface area contributed by atoms with E-state index in [4.69, 9.17) is 9.84 Å². The van der Waals surface area contributed by atoms with Gasteiger partial charge in [-0.05, 0) is 90.4 Å². The van der Waals surface area contributed by atoms with Gasteiger partial charge in [0.25, 0.3) is 0 Å². The highest BCUT2D eigenvalue weighted by atomic mass is 16.5. The summed E-state index contributed by atoms with van der Waals surface area (Å²) in [5, 5.41) is 31.6. The molecule has 4 rings (SSSR count). The summed E-state index contributed by atoms with van der Waals surface area (Å²) in [6.45, 7) is 1.82. The monoisotopic (exact) mass is 461 g/mol. The summed E-state index contributed by atoms with van der Waals surface area (Å²) in [5.41, 5.74) is 4.77. The lowest BCUT2D eigenvalue weighted by molar-refractivity contribution is -0.137. The average molecular weight is 462 g/mol. The van der Waals surface area contributed by atoms with Crippen LogP contribution in [0.2, 0.25) is 0 Å². The van der Waals surface area contributed by atoms with Gasteiger partial charge >= 0.3 is 5.97 Å². The normalized spacial score (nSPS) is 17.2. The first-order chi connectivity index (χ1) is 16.5. The quantitative estimate of drug-likeness (QED) is 0.324. The van der Waals surface area contributed by atoms with Crippen molar-refractivity contribution in [3.8, 4) is 17.2 Å². The lowest BCUT2D eigenvalue weighted by Crippen LogP contribution is -2.22. The van der Waals surface area contributed by atoms with Crippen molar-refractivity contribution >= 4 is 5.97 Å². The van der Waals surface area contributed by atoms with Crippen LogP contribution < -0.4 is 10.1 Å². The molecule has 4 N–H and O–H groups in total. The number of carboxylic acid groups (broad SMARTS) is 1. The second kappa shape index (κ2) is 11.1. The van der Waals surface area contributed by atoms with Gasteiger partial charge in [-0.3, -0.25) is 4.79 Å². The molecular weight excluding hydrogens is 430 g/mol. The van der Waals surface area contributed by atoms with Crippen molar-refractivity contribution in [3.63, 3.8) is 0 Å². The fourth-order valence-corrected chi connectivity index (χ4v) is 4.80. The number of ether oxygens (including phenoxy) is 1. The Morgan fingerprint density at radius 3 is 2.35 bits per heavy atom. The van der Waals surface area contributed by atoms with Crippen LogP contribution in [0.3, 0.4) is 0 Å². The SMILES string of the molecule is O=C(O)CCCNCCOc1ccc([C@@H]2c3ccc(O)cc3CC[C@@H]2c2ccc(O)cc2)cc1. The number of hydrogen-bond acceptors (Lipinski definition) is 5. The van der Waals surface area contributed by atoms with Crippen LogP contribution in [0.15, 0.2) is 66.7 Å². The molecule has 1 aliphatic rings. The van der Waals surface area contributed by atoms with Gasteiger partial charge in [0, 0.05) is 18.9 Å². The van der Waals surface area contributed by atoms with E-state index >= 15 is 0 Å². The molecule has 0 aliphatic heterocycles. The highest BCUT2D eigenvalue weighted by Crippen LogP contribution is 2.47. The lowest BCUT2D eigenvalue weighted by atomic mass is 9.69. The molecule has 0 saturated carbocycles. The van der Waals surface area contributed by atoms with Crippen LogP contribution in [0, 0.1) is 0 Å². The first-order valence-electron chi connectivity index (χ1n) is 11.8. The Labute approximate surface area is 199 Å². The minimum Gasteiger partial charge on any atom is -0.508 e. The number of carboxylic acids is 1. The van der Waals surface area contributed by atoms with E-state index in [9.17, 15) is 15.0 Å². The van der Waals surface area contributed by atoms with E-state index < -0.39 is 5.97 Å². The molecule has 34 heavy (non-hydrogen) atoms. The molecular formula is C28H31NO5. The van der Waals surface area contributed by atoms with Crippen molar-refractivity contribution in [1.29, 1.82) is 0 Å². The number of nitrogens with one attached hydrogen (secondary N) is 1. The molecule has 0 bridgehead atoms. The number of carbonyl (C=O) groups is 1. The predicted molar refractivity (Wildman–Crippen MR) is 131 cm³/mol. The number of aryl methyl sites for hydroxylation is 1. The highest BCUT2D eigenvalue weighted by Gasteiger charge is 2.32. The van der Waals surface area contributed by atoms with Gasteiger partial charge in [-0.2, -0.15) is 0 Å². The molecule has 6 heteroatoms. The zero-order valence-corrected chi connectivity index (χ0v) is 19.1. The van der Waals surface area contributed by atoms with Crippen LogP contribution in [0.5, 0.6) is 17.2 Å². The molecule has 0 unspecified atom stereocenters. The number of rotatable bonds is 10. The predicted octanol–water partition coefficient (Wildman–Crippen LogP) is 4.79. The van der Waals surface area contributed by atoms with E-state index in [1.54, 1.807) is 18.2 Å². The smallest absolute Gasteiger partial charge is 0.303 e. The molecule has 0 amide bonds. The number of benzene rings is 3. The Morgan fingerprint density at radius 1 is 0.912 bits per heavy atom. The summed E-state index contributed by atoms with van der Waals surface area (Å²) >= 11 is 0. The highest BCUT2D eigenvalue weighted by molar-refractivity contribution is 5.66. The van der Waals surface area contributed by atoms with Crippen LogP contribution in [0.4, 0.5) is 0 Å². The maximum Gasteiger partial charge on any atom is 0.303 e. The summed E-state index contributed by atoms with van der Waals surface area (Å²) in [6.07, 6.45) is 2.63. The largest absolute Gasteiger partial charge is 0.508 e. The molecule has 1 aliphatic carbocycles. The lowest BCUT2D eigenvalue weighted by Gasteiger charge is -2.35. The Morgan fingerprint density at radius 2 is 1.62 bits per heavy atom. The third-order valence-corrected chi connectivity index (χ3v) is 6.44. The van der Waals surface area contributed by atoms with Gasteiger partial charge in [0.15, 0.2) is 0 Å². The van der Waals surface area contributed by atoms with E-state index in [0.29, 0.717) is 31.9 Å². The average Bonchev–Trinajstić information content (AvgIpc) is 2.83. The standard InChI is InChI=1S/C28H31NO5/c30-22-8-3-19(4-9-22)25-13-7-21-18-23(31)10-14-26(21)28(25)20-5-11-24(12-6-20)34-17-16-29-15-1-2-27(32)33/h3-6,8-12,14,18,25,28-31H,1-2,7,13,15-17H2,(H,32,33)/t25-,28+/m1/s1. The topological polar surface area (TPSA) is 99.0 Å². The van der Waals surface area contributed by atoms with Gasteiger partial charge in [0.05, 0.1) is 0 Å². The van der Waals surface area contributed by atoms with Gasteiger partial charge in [-0.1, -0.05) is 30.3 Å². The van der Waals surface area contributed by atoms with E-state index in [1.165, 1.54) is 22.3 Å². The van der Waals surface area contributed by atoms with Crippen LogP contribution >= 0.6 is 0 Å². The number of phenolic OH excluding ortho intramolecular Hbond substituents is 2. The Kier molecular flexibility index (Phi) is 7.70. The number of aliphatic carboxylic acids is 1. The zero-order chi connectivity index (χ0) is 23.9. The maximum absolute atomic E-state index is 10.5. The molecule has 3 aromatic rings. The third-order valence-electron chi connectivity index (χ3n) is 6.44. The molecule has 0 saturated heterocycles. The van der Waals surface area contributed by atoms with Gasteiger partial charge in [0.1, 0.15) is 23.9 Å². The van der Waals surface area contributed by atoms with E-state index in [2.05, 4.69) is 17.4 Å². The van der Waals surface area contributed by atoms with Crippen molar-refractivity contribution < 1.29 is 24.9 Å². The van der Waals surface area contributed by atoms with E-state index in [0.717, 1.165) is 18.6 Å². The van der Waals surface area contributed by atoms with Crippen molar-refractivity contribution in [2.75, 3.05) is 19.7 Å². The summed E-state index contributed by atoms with van der Waals surface area (Å²) in [7, 11) is 0. The number of hydrogen-bond donors (Lipinski definition) is 4. The molecule has 0 fully saturated rings. The minimum absolute atomic E-state index is 0.138. The number of fused-ring (bicyclic) bond motifs is 1. The molecule has 0 spiro atoms. The molecule has 0 radical (unpaired) electrons. The first kappa shape index (κ1) is 23.6. The van der Waals surface area contributed by atoms with Crippen LogP contribution in [-0.2, 0) is 11.2 Å². The van der Waals surface area contributed by atoms with Crippen LogP contribution in [-0.4, -0.2) is 41.0 Å². The molecule has 6 nitrogen and oxygen atoms in total. The van der Waals surface area contributed by atoms with Gasteiger partial charge in [-0.25, -0.2) is 0 Å². The summed E-state index contributed by atoms with van der Waals surface area (Å²) in [6, 6.07) is 21.3. The minimum atomic E-state index is -0.775. The molecule has 0 aromatic heterocycles. The fraction of sp³-hybridized carbons (Fsp3) is 0.321. The maximum atomic E-state index is 10.5. The van der Waals surface area contributed by atoms with Crippen molar-refractivity contribution in [2.24, 2.45) is 0 Å². The van der Waals surface area contributed by atoms with Crippen LogP contribution in [0.25, 0.3) is 0 Å². The Bertz CT molecular complexity index is 1090. The molecule has 3 aromatic carbocycles. The Balaban J connectivity index is 1.46. The van der Waals surface area contributed by atoms with Gasteiger partial charge in [0.2, 0.25) is 0 Å². The third kappa shape index (κ3) is 5.88. The van der Waals surface area contributed by atoms with Gasteiger partial charge < -0.3 is 25.4 Å². The fourth-order valence-electron chi connectivity index (χ4n) is 4.80. The summed E-state index contributed by atoms with van der Waals surface area (Å²) < 4.78 is 5.85. The Hall–Kier alpha value is -3.51. The molecule has 178 valence electrons. The zero-order valence-electron chi connectivity index (χ0n) is 19.1. The number of aromatic hydroxyl groups is 2. The molecule has 2 atom stereocenters. The van der Waals surface area contributed by atoms with Crippen LogP contribution in [0.1, 0.15) is 53.4 Å². The van der Waals surface area contributed by atoms with Crippen molar-refractivity contribution in [2.45, 2.75) is 37.5 Å². The second-order valence-corrected chi connectivity index (χ2v) is 8.76. The van der Waals surface area contributed by atoms with E-state index in [1.807, 2.05) is 36.4 Å². The van der Waals surface area contributed by atoms with Gasteiger partial charge in [-0.15, -0.1) is 0 Å². The summed E-state index contributed by atoms with van der Waals surface area (Å²) in [4.78, 5) is 10.5. The molecule has 0 heterocycles. The van der Waals surface area contributed by atoms with Crippen molar-refractivity contribution in [1.82, 2.24) is 5.32 Å². The second-order valence-electron chi connectivity index (χ2n) is 8.76.